The molecule has 2 aromatic rings. The zero-order valence-electron chi connectivity index (χ0n) is 17.0. The quantitative estimate of drug-likeness (QED) is 0.239. The summed E-state index contributed by atoms with van der Waals surface area (Å²) < 4.78 is 21.3. The topological polar surface area (TPSA) is 175 Å². The van der Waals surface area contributed by atoms with Gasteiger partial charge in [-0.1, -0.05) is 6.07 Å². The molecule has 1 saturated heterocycles. The van der Waals surface area contributed by atoms with Gasteiger partial charge < -0.3 is 49.6 Å². The average Bonchev–Trinajstić information content (AvgIpc) is 2.80. The van der Waals surface area contributed by atoms with Crippen molar-refractivity contribution in [1.29, 1.82) is 0 Å². The van der Waals surface area contributed by atoms with E-state index in [1.54, 1.807) is 6.07 Å². The summed E-state index contributed by atoms with van der Waals surface area (Å²) in [7, 11) is 1.37. The first-order valence-corrected chi connectivity index (χ1v) is 9.58. The van der Waals surface area contributed by atoms with Crippen molar-refractivity contribution in [3.8, 4) is 23.0 Å². The molecule has 0 unspecified atom stereocenters. The third-order valence-corrected chi connectivity index (χ3v) is 4.90. The van der Waals surface area contributed by atoms with Crippen LogP contribution in [0.2, 0.25) is 0 Å². The maximum atomic E-state index is 12.1. The van der Waals surface area contributed by atoms with Crippen LogP contribution in [0.1, 0.15) is 15.9 Å². The van der Waals surface area contributed by atoms with Crippen molar-refractivity contribution in [2.75, 3.05) is 13.7 Å². The molecular weight excluding hydrogens is 428 g/mol. The van der Waals surface area contributed by atoms with Crippen LogP contribution in [-0.4, -0.2) is 81.0 Å². The molecule has 0 aliphatic carbocycles. The Balaban J connectivity index is 1.67. The molecule has 11 nitrogen and oxygen atoms in total. The molecule has 5 atom stereocenters. The van der Waals surface area contributed by atoms with E-state index in [-0.39, 0.29) is 29.4 Å². The lowest BCUT2D eigenvalue weighted by atomic mass is 9.99. The van der Waals surface area contributed by atoms with Crippen LogP contribution in [0.25, 0.3) is 0 Å². The summed E-state index contributed by atoms with van der Waals surface area (Å²) in [4.78, 5) is 12.1. The molecule has 0 amide bonds. The number of phenols is 2. The van der Waals surface area contributed by atoms with Crippen molar-refractivity contribution in [3.05, 3.63) is 47.5 Å². The molecule has 1 fully saturated rings. The Morgan fingerprint density at radius 3 is 2.38 bits per heavy atom. The van der Waals surface area contributed by atoms with Gasteiger partial charge in [-0.05, 0) is 35.9 Å². The van der Waals surface area contributed by atoms with Gasteiger partial charge in [0.25, 0.3) is 0 Å². The molecule has 11 heteroatoms. The third-order valence-electron chi connectivity index (χ3n) is 4.90. The normalized spacial score (nSPS) is 25.2. The van der Waals surface area contributed by atoms with E-state index in [4.69, 9.17) is 18.9 Å². The minimum absolute atomic E-state index is 0.0508. The van der Waals surface area contributed by atoms with Gasteiger partial charge in [-0.2, -0.15) is 0 Å². The van der Waals surface area contributed by atoms with E-state index in [0.717, 1.165) is 6.07 Å². The van der Waals surface area contributed by atoms with Crippen molar-refractivity contribution in [2.45, 2.75) is 37.3 Å². The fourth-order valence-corrected chi connectivity index (χ4v) is 3.07. The molecular formula is C21H24O11. The molecule has 0 aromatic heterocycles. The van der Waals surface area contributed by atoms with Crippen LogP contribution >= 0.6 is 0 Å². The number of phenolic OH excluding ortho intramolecular Hbond substituents is 2. The van der Waals surface area contributed by atoms with E-state index in [0.29, 0.717) is 5.56 Å². The van der Waals surface area contributed by atoms with Gasteiger partial charge >= 0.3 is 5.97 Å². The van der Waals surface area contributed by atoms with Gasteiger partial charge in [-0.3, -0.25) is 0 Å². The van der Waals surface area contributed by atoms with Crippen molar-refractivity contribution in [2.24, 2.45) is 0 Å². The summed E-state index contributed by atoms with van der Waals surface area (Å²) in [6.07, 6.45) is -7.19. The van der Waals surface area contributed by atoms with Gasteiger partial charge in [0.15, 0.2) is 23.0 Å². The van der Waals surface area contributed by atoms with Crippen molar-refractivity contribution in [1.82, 2.24) is 0 Å². The van der Waals surface area contributed by atoms with E-state index < -0.39 is 49.0 Å². The fourth-order valence-electron chi connectivity index (χ4n) is 3.07. The van der Waals surface area contributed by atoms with Crippen LogP contribution in [0.5, 0.6) is 23.0 Å². The SMILES string of the molecule is COc1cc(COC(=O)c2ccc(O)c(O)c2)ccc1O[C@H]1O[C@H](CO)[C@@H](O)[C@H](O)[C@H]1O. The Morgan fingerprint density at radius 1 is 0.969 bits per heavy atom. The number of carbonyl (C=O) groups excluding carboxylic acids is 1. The van der Waals surface area contributed by atoms with Crippen molar-refractivity contribution >= 4 is 5.97 Å². The van der Waals surface area contributed by atoms with E-state index in [9.17, 15) is 35.4 Å². The van der Waals surface area contributed by atoms with E-state index in [1.807, 2.05) is 0 Å². The average molecular weight is 452 g/mol. The lowest BCUT2D eigenvalue weighted by molar-refractivity contribution is -0.277. The van der Waals surface area contributed by atoms with Gasteiger partial charge in [0.2, 0.25) is 6.29 Å². The van der Waals surface area contributed by atoms with Gasteiger partial charge in [-0.25, -0.2) is 4.79 Å². The lowest BCUT2D eigenvalue weighted by Gasteiger charge is -2.39. The third kappa shape index (κ3) is 5.03. The summed E-state index contributed by atoms with van der Waals surface area (Å²) in [5, 5.41) is 57.9. The monoisotopic (exact) mass is 452 g/mol. The number of aliphatic hydroxyl groups is 4. The highest BCUT2D eigenvalue weighted by atomic mass is 16.7. The van der Waals surface area contributed by atoms with E-state index in [2.05, 4.69) is 0 Å². The molecule has 32 heavy (non-hydrogen) atoms. The Bertz CT molecular complexity index is 945. The number of hydrogen-bond donors (Lipinski definition) is 6. The van der Waals surface area contributed by atoms with Crippen LogP contribution < -0.4 is 9.47 Å². The van der Waals surface area contributed by atoms with Crippen molar-refractivity contribution < 1.29 is 54.4 Å². The zero-order chi connectivity index (χ0) is 23.4. The smallest absolute Gasteiger partial charge is 0.338 e. The zero-order valence-corrected chi connectivity index (χ0v) is 17.0. The van der Waals surface area contributed by atoms with Crippen LogP contribution in [0.4, 0.5) is 0 Å². The highest BCUT2D eigenvalue weighted by Crippen LogP contribution is 2.32. The van der Waals surface area contributed by atoms with Gasteiger partial charge in [0.1, 0.15) is 31.0 Å². The maximum Gasteiger partial charge on any atom is 0.338 e. The van der Waals surface area contributed by atoms with E-state index >= 15 is 0 Å². The predicted octanol–water partition coefficient (Wildman–Crippen LogP) is -0.358. The largest absolute Gasteiger partial charge is 0.504 e. The summed E-state index contributed by atoms with van der Waals surface area (Å²) >= 11 is 0. The number of rotatable bonds is 7. The van der Waals surface area contributed by atoms with Crippen LogP contribution in [0.3, 0.4) is 0 Å². The van der Waals surface area contributed by atoms with Gasteiger partial charge in [0.05, 0.1) is 19.3 Å². The van der Waals surface area contributed by atoms with Crippen LogP contribution in [-0.2, 0) is 16.1 Å². The first-order valence-electron chi connectivity index (χ1n) is 9.58. The predicted molar refractivity (Wildman–Crippen MR) is 106 cm³/mol. The number of carbonyl (C=O) groups is 1. The van der Waals surface area contributed by atoms with E-state index in [1.165, 1.54) is 31.4 Å². The molecule has 174 valence electrons. The second-order valence-electron chi connectivity index (χ2n) is 7.08. The number of hydrogen-bond acceptors (Lipinski definition) is 11. The van der Waals surface area contributed by atoms with Gasteiger partial charge in [0, 0.05) is 0 Å². The second-order valence-corrected chi connectivity index (χ2v) is 7.08. The first kappa shape index (κ1) is 23.6. The Morgan fingerprint density at radius 2 is 1.72 bits per heavy atom. The van der Waals surface area contributed by atoms with Crippen molar-refractivity contribution in [3.63, 3.8) is 0 Å². The number of aromatic hydroxyl groups is 2. The Kier molecular flexibility index (Phi) is 7.38. The highest BCUT2D eigenvalue weighted by Gasteiger charge is 2.44. The lowest BCUT2D eigenvalue weighted by Crippen LogP contribution is -2.60. The summed E-state index contributed by atoms with van der Waals surface area (Å²) in [6.45, 7) is -0.734. The molecule has 1 heterocycles. The Hall–Kier alpha value is -3.09. The van der Waals surface area contributed by atoms with Crippen LogP contribution in [0, 0.1) is 0 Å². The maximum absolute atomic E-state index is 12.1. The molecule has 6 N–H and O–H groups in total. The number of ether oxygens (including phenoxy) is 4. The Labute approximate surface area is 182 Å². The molecule has 0 radical (unpaired) electrons. The molecule has 1 aliphatic rings. The first-order chi connectivity index (χ1) is 15.2. The summed E-state index contributed by atoms with van der Waals surface area (Å²) in [5.41, 5.74) is 0.578. The summed E-state index contributed by atoms with van der Waals surface area (Å²) in [6, 6.07) is 8.09. The minimum Gasteiger partial charge on any atom is -0.504 e. The molecule has 0 spiro atoms. The molecule has 0 bridgehead atoms. The number of aliphatic hydroxyl groups excluding tert-OH is 4. The molecule has 1 aliphatic heterocycles. The molecule has 2 aromatic carbocycles. The highest BCUT2D eigenvalue weighted by molar-refractivity contribution is 5.90. The summed E-state index contributed by atoms with van der Waals surface area (Å²) in [5.74, 6) is -1.19. The molecule has 0 saturated carbocycles. The standard InChI is InChI=1S/C21H24O11/c1-29-15-6-10(9-30-20(28)11-3-4-12(23)13(24)7-11)2-5-14(15)31-21-19(27)18(26)17(25)16(8-22)32-21/h2-7,16-19,21-27H,8-9H2,1H3/t16-,17-,18+,19-,21+/m1/s1. The fraction of sp³-hybridized carbons (Fsp3) is 0.381. The second kappa shape index (κ2) is 10.0. The van der Waals surface area contributed by atoms with Crippen LogP contribution in [0.15, 0.2) is 36.4 Å². The number of esters is 1. The minimum atomic E-state index is -1.59. The number of benzene rings is 2. The molecule has 3 rings (SSSR count). The number of methoxy groups -OCH3 is 1. The van der Waals surface area contributed by atoms with Gasteiger partial charge in [-0.15, -0.1) is 0 Å².